The molecule has 1 aromatic carbocycles. The van der Waals surface area contributed by atoms with Crippen molar-refractivity contribution in [1.82, 2.24) is 4.90 Å². The molecule has 1 aliphatic heterocycles. The molecule has 0 aliphatic carbocycles. The number of benzene rings is 1. The van der Waals surface area contributed by atoms with Crippen molar-refractivity contribution >= 4 is 29.3 Å². The minimum absolute atomic E-state index is 0.427. The van der Waals surface area contributed by atoms with Gasteiger partial charge >= 0.3 is 11.8 Å². The molecule has 0 unspecified atom stereocenters. The number of amides is 2. The SMILES string of the molecule is CSc1ccccc1NC(=O)C(=O)N1CCCC1. The van der Waals surface area contributed by atoms with E-state index in [1.807, 2.05) is 24.5 Å². The van der Waals surface area contributed by atoms with Crippen LogP contribution in [0.2, 0.25) is 0 Å². The highest BCUT2D eigenvalue weighted by Gasteiger charge is 2.24. The zero-order valence-corrected chi connectivity index (χ0v) is 11.1. The Hall–Kier alpha value is -1.49. The molecule has 4 nitrogen and oxygen atoms in total. The second-order valence-corrected chi connectivity index (χ2v) is 5.00. The molecule has 1 heterocycles. The van der Waals surface area contributed by atoms with E-state index >= 15 is 0 Å². The maximum atomic E-state index is 11.9. The Labute approximate surface area is 111 Å². The van der Waals surface area contributed by atoms with Crippen LogP contribution in [0.15, 0.2) is 29.2 Å². The maximum absolute atomic E-state index is 11.9. The highest BCUT2D eigenvalue weighted by molar-refractivity contribution is 7.98. The third-order valence-corrected chi connectivity index (χ3v) is 3.74. The second kappa shape index (κ2) is 5.91. The van der Waals surface area contributed by atoms with Gasteiger partial charge in [-0.15, -0.1) is 11.8 Å². The van der Waals surface area contributed by atoms with Crippen LogP contribution in [0.3, 0.4) is 0 Å². The normalized spacial score (nSPS) is 14.6. The number of rotatable bonds is 2. The molecule has 1 N–H and O–H groups in total. The lowest BCUT2D eigenvalue weighted by atomic mass is 10.3. The van der Waals surface area contributed by atoms with Crippen LogP contribution in [-0.4, -0.2) is 36.1 Å². The van der Waals surface area contributed by atoms with Crippen molar-refractivity contribution in [3.63, 3.8) is 0 Å². The highest BCUT2D eigenvalue weighted by atomic mass is 32.2. The first-order valence-corrected chi connectivity index (χ1v) is 7.18. The molecule has 1 aromatic rings. The van der Waals surface area contributed by atoms with Crippen LogP contribution in [0.25, 0.3) is 0 Å². The Balaban J connectivity index is 2.04. The van der Waals surface area contributed by atoms with Gasteiger partial charge in [0.05, 0.1) is 5.69 Å². The largest absolute Gasteiger partial charge is 0.334 e. The summed E-state index contributed by atoms with van der Waals surface area (Å²) in [7, 11) is 0. The van der Waals surface area contributed by atoms with E-state index in [1.165, 1.54) is 0 Å². The summed E-state index contributed by atoms with van der Waals surface area (Å²) in [5, 5.41) is 2.69. The molecule has 0 radical (unpaired) electrons. The molecule has 18 heavy (non-hydrogen) atoms. The van der Waals surface area contributed by atoms with Crippen molar-refractivity contribution in [1.29, 1.82) is 0 Å². The van der Waals surface area contributed by atoms with Gasteiger partial charge in [-0.1, -0.05) is 12.1 Å². The average molecular weight is 264 g/mol. The van der Waals surface area contributed by atoms with Gasteiger partial charge < -0.3 is 10.2 Å². The monoisotopic (exact) mass is 264 g/mol. The number of nitrogens with zero attached hydrogens (tertiary/aromatic N) is 1. The second-order valence-electron chi connectivity index (χ2n) is 4.15. The summed E-state index contributed by atoms with van der Waals surface area (Å²) in [5.41, 5.74) is 0.697. The van der Waals surface area contributed by atoms with Crippen molar-refractivity contribution in [2.45, 2.75) is 17.7 Å². The third-order valence-electron chi connectivity index (χ3n) is 2.94. The number of hydrogen-bond donors (Lipinski definition) is 1. The van der Waals surface area contributed by atoms with Crippen molar-refractivity contribution < 1.29 is 9.59 Å². The zero-order chi connectivity index (χ0) is 13.0. The molecular weight excluding hydrogens is 248 g/mol. The van der Waals surface area contributed by atoms with E-state index in [0.717, 1.165) is 17.7 Å². The van der Waals surface area contributed by atoms with Gasteiger partial charge in [0.15, 0.2) is 0 Å². The Morgan fingerprint density at radius 2 is 1.89 bits per heavy atom. The smallest absolute Gasteiger partial charge is 0.313 e. The predicted octanol–water partition coefficient (Wildman–Crippen LogP) is 1.97. The Morgan fingerprint density at radius 3 is 2.56 bits per heavy atom. The highest BCUT2D eigenvalue weighted by Crippen LogP contribution is 2.24. The van der Waals surface area contributed by atoms with Crippen LogP contribution in [0.4, 0.5) is 5.69 Å². The lowest BCUT2D eigenvalue weighted by molar-refractivity contribution is -0.142. The van der Waals surface area contributed by atoms with Crippen LogP contribution in [-0.2, 0) is 9.59 Å². The van der Waals surface area contributed by atoms with E-state index in [-0.39, 0.29) is 0 Å². The zero-order valence-electron chi connectivity index (χ0n) is 10.3. The van der Waals surface area contributed by atoms with Crippen LogP contribution < -0.4 is 5.32 Å². The lowest BCUT2D eigenvalue weighted by Crippen LogP contribution is -2.37. The summed E-state index contributed by atoms with van der Waals surface area (Å²) < 4.78 is 0. The van der Waals surface area contributed by atoms with Gasteiger partial charge in [-0.2, -0.15) is 0 Å². The van der Waals surface area contributed by atoms with E-state index < -0.39 is 11.8 Å². The number of para-hydroxylation sites is 1. The molecule has 96 valence electrons. The van der Waals surface area contributed by atoms with Crippen molar-refractivity contribution in [2.75, 3.05) is 24.7 Å². The fourth-order valence-corrected chi connectivity index (χ4v) is 2.54. The number of thioether (sulfide) groups is 1. The Kier molecular flexibility index (Phi) is 4.25. The van der Waals surface area contributed by atoms with Gasteiger partial charge in [-0.3, -0.25) is 9.59 Å². The molecule has 0 spiro atoms. The molecule has 2 rings (SSSR count). The maximum Gasteiger partial charge on any atom is 0.313 e. The number of hydrogen-bond acceptors (Lipinski definition) is 3. The molecule has 0 saturated carbocycles. The van der Waals surface area contributed by atoms with Crippen molar-refractivity contribution in [3.05, 3.63) is 24.3 Å². The number of likely N-dealkylation sites (tertiary alicyclic amines) is 1. The molecule has 0 aromatic heterocycles. The minimum Gasteiger partial charge on any atom is -0.334 e. The number of carbonyl (C=O) groups excluding carboxylic acids is 2. The topological polar surface area (TPSA) is 49.4 Å². The van der Waals surface area contributed by atoms with Gasteiger partial charge in [-0.25, -0.2) is 0 Å². The summed E-state index contributed by atoms with van der Waals surface area (Å²) in [4.78, 5) is 26.3. The molecular formula is C13H16N2O2S. The van der Waals surface area contributed by atoms with Gasteiger partial charge in [0, 0.05) is 18.0 Å². The predicted molar refractivity (Wildman–Crippen MR) is 72.7 cm³/mol. The van der Waals surface area contributed by atoms with Gasteiger partial charge in [0.25, 0.3) is 0 Å². The Morgan fingerprint density at radius 1 is 1.22 bits per heavy atom. The van der Waals surface area contributed by atoms with E-state index in [2.05, 4.69) is 5.32 Å². The van der Waals surface area contributed by atoms with E-state index in [0.29, 0.717) is 18.8 Å². The van der Waals surface area contributed by atoms with Gasteiger partial charge in [-0.05, 0) is 31.2 Å². The third kappa shape index (κ3) is 2.85. The van der Waals surface area contributed by atoms with Crippen LogP contribution >= 0.6 is 11.8 Å². The number of carbonyl (C=O) groups is 2. The van der Waals surface area contributed by atoms with E-state index in [9.17, 15) is 9.59 Å². The fourth-order valence-electron chi connectivity index (χ4n) is 1.99. The first kappa shape index (κ1) is 13.0. The molecule has 0 atom stereocenters. The quantitative estimate of drug-likeness (QED) is 0.656. The summed E-state index contributed by atoms with van der Waals surface area (Å²) in [6, 6.07) is 7.47. The summed E-state index contributed by atoms with van der Waals surface area (Å²) in [6.07, 6.45) is 3.91. The molecule has 1 aliphatic rings. The minimum atomic E-state index is -0.543. The van der Waals surface area contributed by atoms with E-state index in [1.54, 1.807) is 22.7 Å². The first-order chi connectivity index (χ1) is 8.72. The fraction of sp³-hybridized carbons (Fsp3) is 0.385. The van der Waals surface area contributed by atoms with Gasteiger partial charge in [0.2, 0.25) is 0 Å². The van der Waals surface area contributed by atoms with Crippen LogP contribution in [0, 0.1) is 0 Å². The summed E-state index contributed by atoms with van der Waals surface area (Å²) >= 11 is 1.54. The summed E-state index contributed by atoms with van der Waals surface area (Å²) in [5.74, 6) is -0.971. The number of nitrogens with one attached hydrogen (secondary N) is 1. The number of anilines is 1. The van der Waals surface area contributed by atoms with Crippen molar-refractivity contribution in [3.8, 4) is 0 Å². The Bertz CT molecular complexity index is 456. The molecule has 1 fully saturated rings. The average Bonchev–Trinajstić information content (AvgIpc) is 2.92. The van der Waals surface area contributed by atoms with E-state index in [4.69, 9.17) is 0 Å². The van der Waals surface area contributed by atoms with Crippen molar-refractivity contribution in [2.24, 2.45) is 0 Å². The molecule has 0 bridgehead atoms. The molecule has 5 heteroatoms. The van der Waals surface area contributed by atoms with Gasteiger partial charge in [0.1, 0.15) is 0 Å². The molecule has 1 saturated heterocycles. The molecule has 2 amide bonds. The summed E-state index contributed by atoms with van der Waals surface area (Å²) in [6.45, 7) is 1.38. The van der Waals surface area contributed by atoms with Crippen LogP contribution in [0.5, 0.6) is 0 Å². The lowest BCUT2D eigenvalue weighted by Gasteiger charge is -2.15. The first-order valence-electron chi connectivity index (χ1n) is 5.95. The standard InChI is InChI=1S/C13H16N2O2S/c1-18-11-7-3-2-6-10(11)14-12(16)13(17)15-8-4-5-9-15/h2-3,6-7H,4-5,8-9H2,1H3,(H,14,16). The van der Waals surface area contributed by atoms with Crippen LogP contribution in [0.1, 0.15) is 12.8 Å².